The maximum Gasteiger partial charge on any atom is 0.254 e. The van der Waals surface area contributed by atoms with Crippen LogP contribution < -0.4 is 4.90 Å². The lowest BCUT2D eigenvalue weighted by atomic mass is 10.0. The molecule has 174 valence electrons. The summed E-state index contributed by atoms with van der Waals surface area (Å²) in [6.45, 7) is 4.80. The number of halogens is 1. The van der Waals surface area contributed by atoms with Crippen molar-refractivity contribution >= 4 is 55.1 Å². The third-order valence-electron chi connectivity index (χ3n) is 6.54. The molecule has 5 aromatic rings. The van der Waals surface area contributed by atoms with Crippen LogP contribution in [0.1, 0.15) is 15.9 Å². The number of hydrogen-bond acceptors (Lipinski definition) is 5. The maximum atomic E-state index is 13.7. The molecule has 0 atom stereocenters. The van der Waals surface area contributed by atoms with Crippen LogP contribution in [0.4, 0.5) is 5.13 Å². The minimum Gasteiger partial charge on any atom is -0.345 e. The van der Waals surface area contributed by atoms with Crippen LogP contribution in [0.15, 0.2) is 72.8 Å². The molecule has 5 nitrogen and oxygen atoms in total. The van der Waals surface area contributed by atoms with Crippen molar-refractivity contribution in [3.8, 4) is 11.3 Å². The summed E-state index contributed by atoms with van der Waals surface area (Å²) in [5.41, 5.74) is 5.44. The minimum absolute atomic E-state index is 0.0450. The van der Waals surface area contributed by atoms with E-state index < -0.39 is 0 Å². The molecule has 1 fully saturated rings. The first kappa shape index (κ1) is 22.0. The number of benzene rings is 3. The first-order valence-electron chi connectivity index (χ1n) is 11.6. The van der Waals surface area contributed by atoms with E-state index in [1.165, 1.54) is 0 Å². The number of anilines is 1. The van der Waals surface area contributed by atoms with Crippen molar-refractivity contribution in [3.05, 3.63) is 88.9 Å². The second kappa shape index (κ2) is 8.95. The summed E-state index contributed by atoms with van der Waals surface area (Å²) >= 11 is 8.04. The van der Waals surface area contributed by atoms with Gasteiger partial charge in [-0.15, -0.1) is 0 Å². The van der Waals surface area contributed by atoms with Crippen LogP contribution in [-0.2, 0) is 0 Å². The Morgan fingerprint density at radius 2 is 1.66 bits per heavy atom. The van der Waals surface area contributed by atoms with E-state index in [2.05, 4.69) is 11.8 Å². The van der Waals surface area contributed by atoms with Crippen LogP contribution in [0, 0.1) is 6.92 Å². The number of pyridine rings is 1. The van der Waals surface area contributed by atoms with Gasteiger partial charge in [-0.3, -0.25) is 4.79 Å². The number of aryl methyl sites for hydroxylation is 1. The van der Waals surface area contributed by atoms with Crippen LogP contribution in [0.2, 0.25) is 5.02 Å². The van der Waals surface area contributed by atoms with E-state index >= 15 is 0 Å². The molecule has 35 heavy (non-hydrogen) atoms. The average Bonchev–Trinajstić information content (AvgIpc) is 3.37. The molecule has 0 saturated carbocycles. The second-order valence-corrected chi connectivity index (χ2v) is 10.1. The summed E-state index contributed by atoms with van der Waals surface area (Å²) in [5.74, 6) is 0.0450. The topological polar surface area (TPSA) is 49.3 Å². The molecule has 0 N–H and O–H groups in total. The van der Waals surface area contributed by atoms with Crippen LogP contribution >= 0.6 is 22.9 Å². The lowest BCUT2D eigenvalue weighted by molar-refractivity contribution is 0.0748. The predicted octanol–water partition coefficient (Wildman–Crippen LogP) is 6.44. The normalized spacial score (nSPS) is 14.1. The van der Waals surface area contributed by atoms with Gasteiger partial charge in [0.2, 0.25) is 0 Å². The zero-order valence-electron chi connectivity index (χ0n) is 19.2. The molecule has 0 spiro atoms. The molecule has 1 aliphatic rings. The van der Waals surface area contributed by atoms with Gasteiger partial charge in [-0.25, -0.2) is 9.97 Å². The summed E-state index contributed by atoms with van der Waals surface area (Å²) in [7, 11) is 0. The fraction of sp³-hybridized carbons (Fsp3) is 0.179. The first-order valence-corrected chi connectivity index (χ1v) is 12.8. The highest BCUT2D eigenvalue weighted by atomic mass is 35.5. The van der Waals surface area contributed by atoms with Gasteiger partial charge in [-0.2, -0.15) is 0 Å². The second-order valence-electron chi connectivity index (χ2n) is 8.76. The number of aromatic nitrogens is 2. The van der Waals surface area contributed by atoms with Gasteiger partial charge < -0.3 is 9.80 Å². The summed E-state index contributed by atoms with van der Waals surface area (Å²) in [6, 6.07) is 23.8. The van der Waals surface area contributed by atoms with E-state index in [9.17, 15) is 4.79 Å². The van der Waals surface area contributed by atoms with Crippen molar-refractivity contribution in [2.24, 2.45) is 0 Å². The molecule has 3 aromatic carbocycles. The molecule has 3 heterocycles. The van der Waals surface area contributed by atoms with Crippen LogP contribution in [0.5, 0.6) is 0 Å². The lowest BCUT2D eigenvalue weighted by Crippen LogP contribution is -2.48. The van der Waals surface area contributed by atoms with Crippen LogP contribution in [-0.4, -0.2) is 47.0 Å². The van der Waals surface area contributed by atoms with Crippen molar-refractivity contribution in [2.45, 2.75) is 6.92 Å². The number of hydrogen-bond donors (Lipinski definition) is 0. The number of rotatable bonds is 3. The number of fused-ring (bicyclic) bond motifs is 2. The highest BCUT2D eigenvalue weighted by Gasteiger charge is 2.26. The minimum atomic E-state index is 0.0450. The number of thiazole rings is 1. The molecule has 1 saturated heterocycles. The molecular weight excluding hydrogens is 476 g/mol. The Morgan fingerprint density at radius 1 is 0.914 bits per heavy atom. The van der Waals surface area contributed by atoms with E-state index in [1.807, 2.05) is 77.7 Å². The molecule has 0 unspecified atom stereocenters. The Morgan fingerprint density at radius 3 is 2.43 bits per heavy atom. The predicted molar refractivity (Wildman–Crippen MR) is 145 cm³/mol. The summed E-state index contributed by atoms with van der Waals surface area (Å²) in [6.07, 6.45) is 0. The Labute approximate surface area is 212 Å². The number of amides is 1. The standard InChI is InChI=1S/C28H23ClN4OS/c1-18-11-12-22(29)26-25(18)31-28(35-26)33-15-13-32(14-16-33)27(34)21-17-24(19-7-3-2-4-8-19)30-23-10-6-5-9-20(21)23/h2-12,17H,13-16H2,1H3. The lowest BCUT2D eigenvalue weighted by Gasteiger charge is -2.34. The number of carbonyl (C=O) groups excluding carboxylic acids is 1. The SMILES string of the molecule is Cc1ccc(Cl)c2sc(N3CCN(C(=O)c4cc(-c5ccccc5)nc5ccccc45)CC3)nc12. The number of para-hydroxylation sites is 1. The molecule has 0 bridgehead atoms. The monoisotopic (exact) mass is 498 g/mol. The van der Waals surface area contributed by atoms with Gasteiger partial charge in [-0.1, -0.05) is 77.5 Å². The van der Waals surface area contributed by atoms with Gasteiger partial charge in [0, 0.05) is 37.1 Å². The smallest absolute Gasteiger partial charge is 0.254 e. The highest BCUT2D eigenvalue weighted by molar-refractivity contribution is 7.22. The van der Waals surface area contributed by atoms with Crippen LogP contribution in [0.3, 0.4) is 0 Å². The molecule has 1 amide bonds. The van der Waals surface area contributed by atoms with Gasteiger partial charge in [0.15, 0.2) is 5.13 Å². The fourth-order valence-electron chi connectivity index (χ4n) is 4.61. The molecule has 7 heteroatoms. The highest BCUT2D eigenvalue weighted by Crippen LogP contribution is 2.36. The zero-order chi connectivity index (χ0) is 23.9. The average molecular weight is 499 g/mol. The van der Waals surface area contributed by atoms with E-state index in [4.69, 9.17) is 21.6 Å². The largest absolute Gasteiger partial charge is 0.345 e. The summed E-state index contributed by atoms with van der Waals surface area (Å²) in [5, 5.41) is 2.59. The molecule has 0 aliphatic carbocycles. The van der Waals surface area contributed by atoms with Crippen LogP contribution in [0.25, 0.3) is 32.4 Å². The Bertz CT molecular complexity index is 1520. The molecule has 2 aromatic heterocycles. The fourth-order valence-corrected chi connectivity index (χ4v) is 5.97. The van der Waals surface area contributed by atoms with Crippen molar-refractivity contribution in [3.63, 3.8) is 0 Å². The van der Waals surface area contributed by atoms with E-state index in [0.29, 0.717) is 18.7 Å². The third kappa shape index (κ3) is 4.03. The summed E-state index contributed by atoms with van der Waals surface area (Å²) in [4.78, 5) is 27.6. The Balaban J connectivity index is 1.27. The van der Waals surface area contributed by atoms with E-state index in [0.717, 1.165) is 61.2 Å². The Kier molecular flexibility index (Phi) is 5.63. The number of nitrogens with zero attached hydrogens (tertiary/aromatic N) is 4. The van der Waals surface area contributed by atoms with E-state index in [1.54, 1.807) is 11.3 Å². The molecule has 6 rings (SSSR count). The molecule has 0 radical (unpaired) electrons. The van der Waals surface area contributed by atoms with Crippen molar-refractivity contribution in [2.75, 3.05) is 31.1 Å². The summed E-state index contributed by atoms with van der Waals surface area (Å²) < 4.78 is 1.02. The zero-order valence-corrected chi connectivity index (χ0v) is 20.8. The van der Waals surface area contributed by atoms with Gasteiger partial charge in [0.1, 0.15) is 0 Å². The number of piperazine rings is 1. The quantitative estimate of drug-likeness (QED) is 0.287. The Hall–Kier alpha value is -3.48. The number of carbonyl (C=O) groups is 1. The third-order valence-corrected chi connectivity index (χ3v) is 8.12. The van der Waals surface area contributed by atoms with Crippen molar-refractivity contribution in [1.82, 2.24) is 14.9 Å². The maximum absolute atomic E-state index is 13.7. The first-order chi connectivity index (χ1) is 17.1. The van der Waals surface area contributed by atoms with Crippen molar-refractivity contribution < 1.29 is 4.79 Å². The molecule has 1 aliphatic heterocycles. The van der Waals surface area contributed by atoms with Gasteiger partial charge in [0.05, 0.1) is 32.0 Å². The van der Waals surface area contributed by atoms with Gasteiger partial charge in [-0.05, 0) is 30.7 Å². The van der Waals surface area contributed by atoms with Gasteiger partial charge >= 0.3 is 0 Å². The van der Waals surface area contributed by atoms with E-state index in [-0.39, 0.29) is 5.91 Å². The van der Waals surface area contributed by atoms with Crippen molar-refractivity contribution in [1.29, 1.82) is 0 Å². The molecular formula is C28H23ClN4OS. The van der Waals surface area contributed by atoms with Gasteiger partial charge in [0.25, 0.3) is 5.91 Å².